The zero-order valence-electron chi connectivity index (χ0n) is 7.89. The molecule has 1 aromatic rings. The van der Waals surface area contributed by atoms with E-state index in [9.17, 15) is 9.59 Å². The lowest BCUT2D eigenvalue weighted by Gasteiger charge is -1.92. The van der Waals surface area contributed by atoms with Gasteiger partial charge in [-0.15, -0.1) is 0 Å². The largest absolute Gasteiger partial charge is 0.475 e. The quantitative estimate of drug-likeness (QED) is 0.558. The molecule has 1 rings (SSSR count). The summed E-state index contributed by atoms with van der Waals surface area (Å²) < 4.78 is 1.64. The van der Waals surface area contributed by atoms with Gasteiger partial charge in [-0.25, -0.2) is 4.79 Å². The van der Waals surface area contributed by atoms with E-state index in [0.717, 1.165) is 17.3 Å². The monoisotopic (exact) mass is 194 g/mol. The summed E-state index contributed by atoms with van der Waals surface area (Å²) in [6.45, 7) is 1.83. The van der Waals surface area contributed by atoms with Crippen molar-refractivity contribution in [2.45, 2.75) is 6.92 Å². The normalized spacial score (nSPS) is 10.7. The van der Waals surface area contributed by atoms with Gasteiger partial charge in [-0.3, -0.25) is 9.48 Å². The number of rotatable bonds is 3. The van der Waals surface area contributed by atoms with E-state index < -0.39 is 11.8 Å². The van der Waals surface area contributed by atoms with E-state index in [2.05, 4.69) is 5.10 Å². The first-order valence-corrected chi connectivity index (χ1v) is 3.96. The summed E-state index contributed by atoms with van der Waals surface area (Å²) in [5, 5.41) is 12.3. The Morgan fingerprint density at radius 2 is 2.21 bits per heavy atom. The predicted octanol–water partition coefficient (Wildman–Crippen LogP) is 0.395. The second kappa shape index (κ2) is 3.87. The highest BCUT2D eigenvalue weighted by atomic mass is 16.4. The van der Waals surface area contributed by atoms with Crippen molar-refractivity contribution in [1.29, 1.82) is 0 Å². The molecule has 0 radical (unpaired) electrons. The van der Waals surface area contributed by atoms with E-state index >= 15 is 0 Å². The zero-order chi connectivity index (χ0) is 10.7. The average molecular weight is 194 g/mol. The molecule has 1 N–H and O–H groups in total. The Kier molecular flexibility index (Phi) is 2.81. The number of aromatic nitrogens is 2. The molecule has 74 valence electrons. The summed E-state index contributed by atoms with van der Waals surface area (Å²) in [5.41, 5.74) is 1.61. The number of carboxylic acid groups (broad SMARTS) is 1. The minimum absolute atomic E-state index is 0.738. The zero-order valence-corrected chi connectivity index (χ0v) is 7.89. The van der Waals surface area contributed by atoms with Crippen LogP contribution >= 0.6 is 0 Å². The average Bonchev–Trinajstić information content (AvgIpc) is 2.44. The molecule has 0 aliphatic heterocycles. The molecule has 14 heavy (non-hydrogen) atoms. The van der Waals surface area contributed by atoms with Crippen LogP contribution in [0.15, 0.2) is 12.3 Å². The molecule has 0 atom stereocenters. The Bertz CT molecular complexity index is 404. The molecule has 1 heterocycles. The van der Waals surface area contributed by atoms with Gasteiger partial charge in [0.15, 0.2) is 0 Å². The Morgan fingerprint density at radius 1 is 1.57 bits per heavy atom. The Morgan fingerprint density at radius 3 is 2.64 bits per heavy atom. The fourth-order valence-electron chi connectivity index (χ4n) is 0.916. The number of carbonyl (C=O) groups is 2. The summed E-state index contributed by atoms with van der Waals surface area (Å²) in [4.78, 5) is 20.9. The standard InChI is InChI=1S/C9H10N2O3/c1-6-7(5-10-11(6)2)3-4-8(12)9(13)14/h3-5H,1-2H3,(H,13,14)/b4-3+. The lowest BCUT2D eigenvalue weighted by Crippen LogP contribution is -2.08. The lowest BCUT2D eigenvalue weighted by molar-refractivity contribution is -0.146. The molecular weight excluding hydrogens is 184 g/mol. The van der Waals surface area contributed by atoms with Gasteiger partial charge < -0.3 is 5.11 Å². The van der Waals surface area contributed by atoms with Crippen LogP contribution in [0.5, 0.6) is 0 Å². The van der Waals surface area contributed by atoms with Crippen molar-refractivity contribution in [3.63, 3.8) is 0 Å². The van der Waals surface area contributed by atoms with Crippen molar-refractivity contribution < 1.29 is 14.7 Å². The number of hydrogen-bond acceptors (Lipinski definition) is 3. The van der Waals surface area contributed by atoms with Gasteiger partial charge in [0.1, 0.15) is 0 Å². The lowest BCUT2D eigenvalue weighted by atomic mass is 10.2. The maximum absolute atomic E-state index is 10.7. The van der Waals surface area contributed by atoms with Crippen LogP contribution in [0.25, 0.3) is 6.08 Å². The van der Waals surface area contributed by atoms with Crippen LogP contribution < -0.4 is 0 Å². The number of nitrogens with zero attached hydrogens (tertiary/aromatic N) is 2. The maximum Gasteiger partial charge on any atom is 0.376 e. The van der Waals surface area contributed by atoms with Crippen molar-refractivity contribution in [1.82, 2.24) is 9.78 Å². The second-order valence-electron chi connectivity index (χ2n) is 2.81. The van der Waals surface area contributed by atoms with Crippen molar-refractivity contribution in [2.24, 2.45) is 7.05 Å². The van der Waals surface area contributed by atoms with Gasteiger partial charge in [0.25, 0.3) is 5.78 Å². The van der Waals surface area contributed by atoms with Crippen molar-refractivity contribution in [3.05, 3.63) is 23.5 Å². The predicted molar refractivity (Wildman–Crippen MR) is 49.6 cm³/mol. The molecule has 0 saturated heterocycles. The van der Waals surface area contributed by atoms with Gasteiger partial charge in [0.2, 0.25) is 0 Å². The second-order valence-corrected chi connectivity index (χ2v) is 2.81. The van der Waals surface area contributed by atoms with Crippen LogP contribution in [-0.4, -0.2) is 26.6 Å². The number of carbonyl (C=O) groups excluding carboxylic acids is 1. The Hall–Kier alpha value is -1.91. The fourth-order valence-corrected chi connectivity index (χ4v) is 0.916. The van der Waals surface area contributed by atoms with Crippen LogP contribution in [0.2, 0.25) is 0 Å². The smallest absolute Gasteiger partial charge is 0.376 e. The first-order chi connectivity index (χ1) is 6.52. The van der Waals surface area contributed by atoms with Gasteiger partial charge in [-0.1, -0.05) is 0 Å². The van der Waals surface area contributed by atoms with Crippen molar-refractivity contribution in [3.8, 4) is 0 Å². The van der Waals surface area contributed by atoms with Gasteiger partial charge >= 0.3 is 5.97 Å². The molecule has 5 heteroatoms. The fraction of sp³-hybridized carbons (Fsp3) is 0.222. The van der Waals surface area contributed by atoms with Gasteiger partial charge in [0, 0.05) is 18.3 Å². The van der Waals surface area contributed by atoms with Crippen LogP contribution in [0, 0.1) is 6.92 Å². The summed E-state index contributed by atoms with van der Waals surface area (Å²) in [6, 6.07) is 0. The molecule has 0 aliphatic rings. The van der Waals surface area contributed by atoms with Crippen LogP contribution in [0.1, 0.15) is 11.3 Å². The molecule has 0 amide bonds. The molecule has 0 aromatic carbocycles. The van der Waals surface area contributed by atoms with Crippen LogP contribution in [0.3, 0.4) is 0 Å². The van der Waals surface area contributed by atoms with E-state index in [4.69, 9.17) is 5.11 Å². The Balaban J connectivity index is 2.84. The minimum atomic E-state index is -1.46. The van der Waals surface area contributed by atoms with Gasteiger partial charge in [-0.2, -0.15) is 5.10 Å². The van der Waals surface area contributed by atoms with Crippen molar-refractivity contribution in [2.75, 3.05) is 0 Å². The van der Waals surface area contributed by atoms with E-state index in [-0.39, 0.29) is 0 Å². The summed E-state index contributed by atoms with van der Waals surface area (Å²) >= 11 is 0. The van der Waals surface area contributed by atoms with Crippen LogP contribution in [0.4, 0.5) is 0 Å². The molecule has 0 fully saturated rings. The highest BCUT2D eigenvalue weighted by molar-refractivity contribution is 6.38. The molecule has 0 aliphatic carbocycles. The van der Waals surface area contributed by atoms with Crippen molar-refractivity contribution >= 4 is 17.8 Å². The van der Waals surface area contributed by atoms with E-state index in [1.807, 2.05) is 6.92 Å². The number of aryl methyl sites for hydroxylation is 1. The highest BCUT2D eigenvalue weighted by Crippen LogP contribution is 2.07. The Labute approximate surface area is 80.7 Å². The number of carboxylic acids is 1. The number of hydrogen-bond donors (Lipinski definition) is 1. The summed E-state index contributed by atoms with van der Waals surface area (Å²) in [7, 11) is 1.77. The molecule has 0 spiro atoms. The maximum atomic E-state index is 10.7. The topological polar surface area (TPSA) is 72.2 Å². The van der Waals surface area contributed by atoms with Gasteiger partial charge in [0.05, 0.1) is 6.20 Å². The first-order valence-electron chi connectivity index (χ1n) is 3.96. The molecule has 0 unspecified atom stereocenters. The molecule has 0 saturated carbocycles. The third-order valence-electron chi connectivity index (χ3n) is 1.90. The van der Waals surface area contributed by atoms with Crippen LogP contribution in [-0.2, 0) is 16.6 Å². The number of aliphatic carboxylic acids is 1. The minimum Gasteiger partial charge on any atom is -0.475 e. The molecule has 1 aromatic heterocycles. The molecular formula is C9H10N2O3. The van der Waals surface area contributed by atoms with E-state index in [0.29, 0.717) is 0 Å². The SMILES string of the molecule is Cc1c(/C=C/C(=O)C(=O)O)cnn1C. The summed E-state index contributed by atoms with van der Waals surface area (Å²) in [6.07, 6.45) is 4.03. The molecule has 5 nitrogen and oxygen atoms in total. The molecule has 0 bridgehead atoms. The third-order valence-corrected chi connectivity index (χ3v) is 1.90. The number of ketones is 1. The van der Waals surface area contributed by atoms with E-state index in [1.165, 1.54) is 6.08 Å². The highest BCUT2D eigenvalue weighted by Gasteiger charge is 2.06. The van der Waals surface area contributed by atoms with E-state index in [1.54, 1.807) is 17.9 Å². The third kappa shape index (κ3) is 2.07. The first kappa shape index (κ1) is 10.2. The summed E-state index contributed by atoms with van der Waals surface area (Å²) in [5.74, 6) is -2.39. The van der Waals surface area contributed by atoms with Gasteiger partial charge in [-0.05, 0) is 19.1 Å².